The van der Waals surface area contributed by atoms with Crippen molar-refractivity contribution in [3.8, 4) is 0 Å². The molecule has 3 heteroatoms. The van der Waals surface area contributed by atoms with Crippen molar-refractivity contribution >= 4 is 5.91 Å². The quantitative estimate of drug-likeness (QED) is 0.699. The fourth-order valence-corrected chi connectivity index (χ4v) is 1.73. The second-order valence-electron chi connectivity index (χ2n) is 5.14. The molecule has 1 atom stereocenters. The minimum Gasteiger partial charge on any atom is -0.373 e. The first-order valence-corrected chi connectivity index (χ1v) is 5.40. The van der Waals surface area contributed by atoms with Gasteiger partial charge in [0.2, 0.25) is 5.91 Å². The van der Waals surface area contributed by atoms with Crippen LogP contribution in [0.15, 0.2) is 0 Å². The summed E-state index contributed by atoms with van der Waals surface area (Å²) in [5.74, 6) is 0.102. The molecule has 0 aromatic heterocycles. The van der Waals surface area contributed by atoms with Crippen molar-refractivity contribution in [1.82, 2.24) is 4.90 Å². The SMILES string of the molecule is CC(C)(C)C(O)N1CCCCCC1=O. The van der Waals surface area contributed by atoms with Gasteiger partial charge in [-0.2, -0.15) is 0 Å². The lowest BCUT2D eigenvalue weighted by atomic mass is 9.93. The van der Waals surface area contributed by atoms with Crippen LogP contribution in [0.1, 0.15) is 46.5 Å². The van der Waals surface area contributed by atoms with E-state index in [2.05, 4.69) is 0 Å². The third-order valence-electron chi connectivity index (χ3n) is 2.68. The van der Waals surface area contributed by atoms with Gasteiger partial charge in [0.25, 0.3) is 0 Å². The van der Waals surface area contributed by atoms with Gasteiger partial charge in [0.05, 0.1) is 0 Å². The summed E-state index contributed by atoms with van der Waals surface area (Å²) in [5, 5.41) is 10.0. The van der Waals surface area contributed by atoms with Crippen molar-refractivity contribution in [1.29, 1.82) is 0 Å². The smallest absolute Gasteiger partial charge is 0.224 e. The topological polar surface area (TPSA) is 40.5 Å². The van der Waals surface area contributed by atoms with E-state index >= 15 is 0 Å². The van der Waals surface area contributed by atoms with Crippen LogP contribution < -0.4 is 0 Å². The second kappa shape index (κ2) is 4.30. The predicted molar refractivity (Wildman–Crippen MR) is 55.6 cm³/mol. The van der Waals surface area contributed by atoms with Crippen LogP contribution in [-0.2, 0) is 4.79 Å². The van der Waals surface area contributed by atoms with Crippen molar-refractivity contribution in [2.45, 2.75) is 52.7 Å². The van der Waals surface area contributed by atoms with Gasteiger partial charge in [0.1, 0.15) is 6.23 Å². The second-order valence-corrected chi connectivity index (χ2v) is 5.14. The minimum atomic E-state index is -0.645. The van der Waals surface area contributed by atoms with Crippen LogP contribution in [0.5, 0.6) is 0 Å². The van der Waals surface area contributed by atoms with Crippen LogP contribution in [0.25, 0.3) is 0 Å². The number of amides is 1. The van der Waals surface area contributed by atoms with Gasteiger partial charge in [-0.05, 0) is 12.8 Å². The fraction of sp³-hybridized carbons (Fsp3) is 0.909. The number of rotatable bonds is 1. The first-order valence-electron chi connectivity index (χ1n) is 5.40. The van der Waals surface area contributed by atoms with Gasteiger partial charge in [0.15, 0.2) is 0 Å². The number of nitrogens with zero attached hydrogens (tertiary/aromatic N) is 1. The Morgan fingerprint density at radius 1 is 1.29 bits per heavy atom. The molecule has 1 heterocycles. The number of hydrogen-bond acceptors (Lipinski definition) is 2. The number of carbonyl (C=O) groups excluding carboxylic acids is 1. The van der Waals surface area contributed by atoms with Crippen molar-refractivity contribution in [3.63, 3.8) is 0 Å². The van der Waals surface area contributed by atoms with Gasteiger partial charge < -0.3 is 10.0 Å². The first kappa shape index (κ1) is 11.5. The molecule has 14 heavy (non-hydrogen) atoms. The van der Waals surface area contributed by atoms with E-state index in [0.717, 1.165) is 19.3 Å². The molecule has 1 aliphatic heterocycles. The Bertz CT molecular complexity index is 208. The van der Waals surface area contributed by atoms with Gasteiger partial charge in [-0.3, -0.25) is 4.79 Å². The lowest BCUT2D eigenvalue weighted by Crippen LogP contribution is -2.47. The maximum absolute atomic E-state index is 11.7. The lowest BCUT2D eigenvalue weighted by Gasteiger charge is -2.35. The van der Waals surface area contributed by atoms with Crippen molar-refractivity contribution in [3.05, 3.63) is 0 Å². The summed E-state index contributed by atoms with van der Waals surface area (Å²) in [6.07, 6.45) is 3.02. The van der Waals surface area contributed by atoms with Gasteiger partial charge in [-0.15, -0.1) is 0 Å². The summed E-state index contributed by atoms with van der Waals surface area (Å²) in [6, 6.07) is 0. The Kier molecular flexibility index (Phi) is 3.53. The summed E-state index contributed by atoms with van der Waals surface area (Å²) in [6.45, 7) is 6.57. The molecule has 0 saturated carbocycles. The zero-order chi connectivity index (χ0) is 10.8. The number of likely N-dealkylation sites (tertiary alicyclic amines) is 1. The molecule has 0 aliphatic carbocycles. The highest BCUT2D eigenvalue weighted by atomic mass is 16.3. The summed E-state index contributed by atoms with van der Waals surface area (Å²) >= 11 is 0. The number of hydrogen-bond donors (Lipinski definition) is 1. The highest BCUT2D eigenvalue weighted by Crippen LogP contribution is 2.25. The van der Waals surface area contributed by atoms with Crippen LogP contribution in [-0.4, -0.2) is 28.7 Å². The molecule has 0 bridgehead atoms. The Balaban J connectivity index is 2.68. The van der Waals surface area contributed by atoms with E-state index in [1.807, 2.05) is 20.8 Å². The van der Waals surface area contributed by atoms with E-state index in [4.69, 9.17) is 0 Å². The van der Waals surface area contributed by atoms with Gasteiger partial charge in [-0.25, -0.2) is 0 Å². The van der Waals surface area contributed by atoms with Gasteiger partial charge in [0, 0.05) is 18.4 Å². The van der Waals surface area contributed by atoms with E-state index in [-0.39, 0.29) is 11.3 Å². The van der Waals surface area contributed by atoms with Crippen molar-refractivity contribution in [2.75, 3.05) is 6.54 Å². The zero-order valence-corrected chi connectivity index (χ0v) is 9.42. The maximum atomic E-state index is 11.7. The van der Waals surface area contributed by atoms with Crippen LogP contribution in [0, 0.1) is 5.41 Å². The third kappa shape index (κ3) is 2.71. The van der Waals surface area contributed by atoms with E-state index in [9.17, 15) is 9.90 Å². The number of aliphatic hydroxyl groups is 1. The Morgan fingerprint density at radius 2 is 1.93 bits per heavy atom. The van der Waals surface area contributed by atoms with Crippen molar-refractivity contribution in [2.24, 2.45) is 5.41 Å². The molecular weight excluding hydrogens is 178 g/mol. The number of aliphatic hydroxyl groups excluding tert-OH is 1. The van der Waals surface area contributed by atoms with Crippen LogP contribution in [0.2, 0.25) is 0 Å². The maximum Gasteiger partial charge on any atom is 0.224 e. The molecule has 0 aromatic rings. The van der Waals surface area contributed by atoms with E-state index < -0.39 is 6.23 Å². The lowest BCUT2D eigenvalue weighted by molar-refractivity contribution is -0.149. The summed E-state index contributed by atoms with van der Waals surface area (Å²) in [7, 11) is 0. The molecule has 1 amide bonds. The Labute approximate surface area is 86.1 Å². The predicted octanol–water partition coefficient (Wildman–Crippen LogP) is 1.75. The molecule has 1 rings (SSSR count). The molecule has 1 unspecified atom stereocenters. The molecule has 0 radical (unpaired) electrons. The van der Waals surface area contributed by atoms with Crippen LogP contribution in [0.4, 0.5) is 0 Å². The Hall–Kier alpha value is -0.570. The van der Waals surface area contributed by atoms with E-state index in [1.165, 1.54) is 0 Å². The molecule has 1 aliphatic rings. The molecule has 3 nitrogen and oxygen atoms in total. The monoisotopic (exact) mass is 199 g/mol. The first-order chi connectivity index (χ1) is 6.43. The number of carbonyl (C=O) groups is 1. The highest BCUT2D eigenvalue weighted by molar-refractivity contribution is 5.76. The fourth-order valence-electron chi connectivity index (χ4n) is 1.73. The van der Waals surface area contributed by atoms with Gasteiger partial charge in [-0.1, -0.05) is 27.2 Å². The molecule has 0 spiro atoms. The molecule has 1 fully saturated rings. The van der Waals surface area contributed by atoms with E-state index in [1.54, 1.807) is 4.90 Å². The molecule has 82 valence electrons. The average Bonchev–Trinajstić information content (AvgIpc) is 2.27. The molecule has 1 N–H and O–H groups in total. The third-order valence-corrected chi connectivity index (χ3v) is 2.68. The normalized spacial score (nSPS) is 22.0. The largest absolute Gasteiger partial charge is 0.373 e. The molecular formula is C11H21NO2. The summed E-state index contributed by atoms with van der Waals surface area (Å²) < 4.78 is 0. The molecule has 0 aromatic carbocycles. The van der Waals surface area contributed by atoms with Crippen LogP contribution >= 0.6 is 0 Å². The van der Waals surface area contributed by atoms with Gasteiger partial charge >= 0.3 is 0 Å². The standard InChI is InChI=1S/C11H21NO2/c1-11(2,3)10(14)12-8-6-4-5-7-9(12)13/h10,14H,4-8H2,1-3H3. The highest BCUT2D eigenvalue weighted by Gasteiger charge is 2.31. The summed E-state index contributed by atoms with van der Waals surface area (Å²) in [5.41, 5.74) is -0.250. The Morgan fingerprint density at radius 3 is 2.50 bits per heavy atom. The zero-order valence-electron chi connectivity index (χ0n) is 9.42. The molecule has 1 saturated heterocycles. The summed E-state index contributed by atoms with van der Waals surface area (Å²) in [4.78, 5) is 13.3. The minimum absolute atomic E-state index is 0.102. The van der Waals surface area contributed by atoms with E-state index in [0.29, 0.717) is 13.0 Å². The van der Waals surface area contributed by atoms with Crippen LogP contribution in [0.3, 0.4) is 0 Å². The average molecular weight is 199 g/mol. The van der Waals surface area contributed by atoms with Crippen molar-refractivity contribution < 1.29 is 9.90 Å².